The minimum atomic E-state index is -0.00550. The molecule has 0 spiro atoms. The lowest BCUT2D eigenvalue weighted by molar-refractivity contribution is -0.0158. The Morgan fingerprint density at radius 2 is 1.87 bits per heavy atom. The molecule has 0 amide bonds. The second kappa shape index (κ2) is 6.07. The SMILES string of the molecule is CC(C)(C)OCCN1CCC(CCl)CC1. The molecule has 1 aliphatic rings. The number of piperidine rings is 1. The van der Waals surface area contributed by atoms with Gasteiger partial charge in [-0.05, 0) is 52.6 Å². The number of likely N-dealkylation sites (tertiary alicyclic amines) is 1. The normalized spacial score (nSPS) is 20.8. The van der Waals surface area contributed by atoms with Gasteiger partial charge in [0.05, 0.1) is 12.2 Å². The number of hydrogen-bond donors (Lipinski definition) is 0. The van der Waals surface area contributed by atoms with E-state index in [4.69, 9.17) is 16.3 Å². The summed E-state index contributed by atoms with van der Waals surface area (Å²) in [5.41, 5.74) is -0.00550. The van der Waals surface area contributed by atoms with Gasteiger partial charge in [-0.2, -0.15) is 0 Å². The van der Waals surface area contributed by atoms with Crippen LogP contribution in [-0.2, 0) is 4.74 Å². The summed E-state index contributed by atoms with van der Waals surface area (Å²) in [5, 5.41) is 0. The third-order valence-corrected chi connectivity index (χ3v) is 3.30. The van der Waals surface area contributed by atoms with E-state index in [9.17, 15) is 0 Å². The molecule has 0 aliphatic carbocycles. The highest BCUT2D eigenvalue weighted by molar-refractivity contribution is 6.18. The summed E-state index contributed by atoms with van der Waals surface area (Å²) in [5.74, 6) is 1.57. The highest BCUT2D eigenvalue weighted by Crippen LogP contribution is 2.18. The van der Waals surface area contributed by atoms with Crippen molar-refractivity contribution in [3.8, 4) is 0 Å². The maximum atomic E-state index is 5.85. The van der Waals surface area contributed by atoms with Crippen molar-refractivity contribution in [2.45, 2.75) is 39.2 Å². The Bertz CT molecular complexity index is 171. The molecule has 15 heavy (non-hydrogen) atoms. The molecule has 0 saturated carbocycles. The van der Waals surface area contributed by atoms with Crippen LogP contribution in [-0.4, -0.2) is 42.6 Å². The minimum Gasteiger partial charge on any atom is -0.375 e. The molecule has 0 aromatic carbocycles. The fraction of sp³-hybridized carbons (Fsp3) is 1.00. The number of ether oxygens (including phenoxy) is 1. The van der Waals surface area contributed by atoms with Crippen molar-refractivity contribution in [3.63, 3.8) is 0 Å². The molecule has 3 heteroatoms. The summed E-state index contributed by atoms with van der Waals surface area (Å²) in [6, 6.07) is 0. The van der Waals surface area contributed by atoms with Crippen molar-refractivity contribution in [2.75, 3.05) is 32.1 Å². The van der Waals surface area contributed by atoms with Crippen molar-refractivity contribution in [1.29, 1.82) is 0 Å². The van der Waals surface area contributed by atoms with Gasteiger partial charge in [0.2, 0.25) is 0 Å². The molecule has 1 aliphatic heterocycles. The van der Waals surface area contributed by atoms with Gasteiger partial charge >= 0.3 is 0 Å². The Kier molecular flexibility index (Phi) is 5.37. The first-order valence-electron chi connectivity index (χ1n) is 5.93. The summed E-state index contributed by atoms with van der Waals surface area (Å²) in [6.45, 7) is 10.6. The van der Waals surface area contributed by atoms with Crippen LogP contribution < -0.4 is 0 Å². The lowest BCUT2D eigenvalue weighted by Gasteiger charge is -2.31. The molecule has 0 unspecified atom stereocenters. The van der Waals surface area contributed by atoms with Crippen molar-refractivity contribution in [3.05, 3.63) is 0 Å². The van der Waals surface area contributed by atoms with E-state index in [-0.39, 0.29) is 5.60 Å². The molecular weight excluding hydrogens is 210 g/mol. The van der Waals surface area contributed by atoms with Gasteiger partial charge in [-0.15, -0.1) is 11.6 Å². The molecule has 1 fully saturated rings. The van der Waals surface area contributed by atoms with Gasteiger partial charge in [-0.3, -0.25) is 0 Å². The summed E-state index contributed by atoms with van der Waals surface area (Å²) in [7, 11) is 0. The summed E-state index contributed by atoms with van der Waals surface area (Å²) >= 11 is 5.85. The lowest BCUT2D eigenvalue weighted by atomic mass is 9.99. The monoisotopic (exact) mass is 233 g/mol. The Hall–Kier alpha value is 0.210. The van der Waals surface area contributed by atoms with Gasteiger partial charge in [-0.1, -0.05) is 0 Å². The van der Waals surface area contributed by atoms with Crippen LogP contribution in [0.25, 0.3) is 0 Å². The highest BCUT2D eigenvalue weighted by atomic mass is 35.5. The van der Waals surface area contributed by atoms with Crippen LogP contribution in [0, 0.1) is 5.92 Å². The van der Waals surface area contributed by atoms with Crippen LogP contribution in [0.2, 0.25) is 0 Å². The van der Waals surface area contributed by atoms with E-state index in [1.807, 2.05) is 0 Å². The molecule has 1 saturated heterocycles. The van der Waals surface area contributed by atoms with Crippen molar-refractivity contribution in [2.24, 2.45) is 5.92 Å². The summed E-state index contributed by atoms with van der Waals surface area (Å²) in [6.07, 6.45) is 2.50. The van der Waals surface area contributed by atoms with Crippen LogP contribution in [0.4, 0.5) is 0 Å². The first kappa shape index (κ1) is 13.3. The number of alkyl halides is 1. The number of halogens is 1. The Morgan fingerprint density at radius 3 is 2.33 bits per heavy atom. The number of nitrogens with zero attached hydrogens (tertiary/aromatic N) is 1. The molecule has 1 heterocycles. The third kappa shape index (κ3) is 5.74. The minimum absolute atomic E-state index is 0.00550. The van der Waals surface area contributed by atoms with Crippen molar-refractivity contribution >= 4 is 11.6 Å². The zero-order chi connectivity index (χ0) is 11.3. The molecule has 0 aromatic rings. The third-order valence-electron chi connectivity index (χ3n) is 2.87. The van der Waals surface area contributed by atoms with Gasteiger partial charge < -0.3 is 9.64 Å². The number of hydrogen-bond acceptors (Lipinski definition) is 2. The van der Waals surface area contributed by atoms with Gasteiger partial charge in [0.1, 0.15) is 0 Å². The first-order valence-corrected chi connectivity index (χ1v) is 6.47. The average molecular weight is 234 g/mol. The predicted molar refractivity (Wildman–Crippen MR) is 65.6 cm³/mol. The lowest BCUT2D eigenvalue weighted by Crippen LogP contribution is -2.37. The molecule has 2 nitrogen and oxygen atoms in total. The first-order chi connectivity index (χ1) is 7.01. The summed E-state index contributed by atoms with van der Waals surface area (Å²) in [4.78, 5) is 2.48. The van der Waals surface area contributed by atoms with Crippen LogP contribution in [0.5, 0.6) is 0 Å². The van der Waals surface area contributed by atoms with Gasteiger partial charge in [0.15, 0.2) is 0 Å². The van der Waals surface area contributed by atoms with Crippen molar-refractivity contribution in [1.82, 2.24) is 4.90 Å². The van der Waals surface area contributed by atoms with Crippen LogP contribution in [0.3, 0.4) is 0 Å². The fourth-order valence-electron chi connectivity index (χ4n) is 1.85. The number of rotatable bonds is 4. The van der Waals surface area contributed by atoms with Crippen molar-refractivity contribution < 1.29 is 4.74 Å². The van der Waals surface area contributed by atoms with E-state index in [0.29, 0.717) is 0 Å². The van der Waals surface area contributed by atoms with Gasteiger partial charge in [0.25, 0.3) is 0 Å². The van der Waals surface area contributed by atoms with E-state index in [0.717, 1.165) is 24.9 Å². The van der Waals surface area contributed by atoms with E-state index >= 15 is 0 Å². The molecule has 0 atom stereocenters. The van der Waals surface area contributed by atoms with Gasteiger partial charge in [-0.25, -0.2) is 0 Å². The predicted octanol–water partition coefficient (Wildman–Crippen LogP) is 2.75. The Labute approximate surface area is 98.9 Å². The standard InChI is InChI=1S/C12H24ClNO/c1-12(2,3)15-9-8-14-6-4-11(10-13)5-7-14/h11H,4-10H2,1-3H3. The molecule has 0 N–H and O–H groups in total. The fourth-order valence-corrected chi connectivity index (χ4v) is 2.15. The molecule has 0 aromatic heterocycles. The van der Waals surface area contributed by atoms with E-state index in [2.05, 4.69) is 25.7 Å². The zero-order valence-electron chi connectivity index (χ0n) is 10.3. The smallest absolute Gasteiger partial charge is 0.0600 e. The Morgan fingerprint density at radius 1 is 1.27 bits per heavy atom. The average Bonchev–Trinajstić information content (AvgIpc) is 2.17. The second-order valence-corrected chi connectivity index (χ2v) is 5.71. The van der Waals surface area contributed by atoms with Crippen LogP contribution in [0.15, 0.2) is 0 Å². The topological polar surface area (TPSA) is 12.5 Å². The molecule has 0 radical (unpaired) electrons. The molecule has 0 bridgehead atoms. The van der Waals surface area contributed by atoms with Crippen LogP contribution in [0.1, 0.15) is 33.6 Å². The zero-order valence-corrected chi connectivity index (χ0v) is 11.0. The Balaban J connectivity index is 2.09. The van der Waals surface area contributed by atoms with E-state index in [1.54, 1.807) is 0 Å². The van der Waals surface area contributed by atoms with Crippen LogP contribution >= 0.6 is 11.6 Å². The molecule has 90 valence electrons. The molecular formula is C12H24ClNO. The largest absolute Gasteiger partial charge is 0.375 e. The highest BCUT2D eigenvalue weighted by Gasteiger charge is 2.18. The molecule has 1 rings (SSSR count). The summed E-state index contributed by atoms with van der Waals surface area (Å²) < 4.78 is 5.72. The van der Waals surface area contributed by atoms with Gasteiger partial charge in [0, 0.05) is 12.4 Å². The van der Waals surface area contributed by atoms with E-state index < -0.39 is 0 Å². The maximum Gasteiger partial charge on any atom is 0.0600 e. The van der Waals surface area contributed by atoms with E-state index in [1.165, 1.54) is 25.9 Å². The quantitative estimate of drug-likeness (QED) is 0.693. The second-order valence-electron chi connectivity index (χ2n) is 5.40. The maximum absolute atomic E-state index is 5.85.